The van der Waals surface area contributed by atoms with Crippen LogP contribution in [0, 0.1) is 11.3 Å². The Labute approximate surface area is 170 Å². The fourth-order valence-corrected chi connectivity index (χ4v) is 4.14. The van der Waals surface area contributed by atoms with Gasteiger partial charge < -0.3 is 10.0 Å². The number of nitrogens with zero attached hydrogens (tertiary/aromatic N) is 2. The minimum Gasteiger partial charge on any atom is -0.394 e. The van der Waals surface area contributed by atoms with Crippen molar-refractivity contribution in [2.75, 3.05) is 6.61 Å². The van der Waals surface area contributed by atoms with Gasteiger partial charge in [-0.2, -0.15) is 5.26 Å². The molecule has 0 spiro atoms. The van der Waals surface area contributed by atoms with E-state index in [2.05, 4.69) is 18.2 Å². The molecular weight excluding hydrogens is 360 g/mol. The second-order valence-electron chi connectivity index (χ2n) is 7.30. The number of hydrogen-bond donors (Lipinski definition) is 1. The van der Waals surface area contributed by atoms with Crippen LogP contribution in [0.4, 0.5) is 0 Å². The van der Waals surface area contributed by atoms with Crippen LogP contribution in [-0.2, 0) is 11.2 Å². The molecular formula is C25H22N2O2. The lowest BCUT2D eigenvalue weighted by molar-refractivity contribution is -0.146. The minimum atomic E-state index is -0.564. The van der Waals surface area contributed by atoms with Crippen LogP contribution in [0.3, 0.4) is 0 Å². The maximum atomic E-state index is 12.8. The summed E-state index contributed by atoms with van der Waals surface area (Å²) < 4.78 is 0. The zero-order valence-electron chi connectivity index (χ0n) is 16.0. The number of likely N-dealkylation sites (tertiary alicyclic amines) is 1. The SMILES string of the molecule is N#C[C@H]1[C@@H](c2ccc(-c3ccccc3)cc2)[C@@H](CO)N1C(=O)Cc1ccccc1. The van der Waals surface area contributed by atoms with Gasteiger partial charge in [0.25, 0.3) is 0 Å². The molecule has 29 heavy (non-hydrogen) atoms. The van der Waals surface area contributed by atoms with E-state index in [-0.39, 0.29) is 30.9 Å². The fraction of sp³-hybridized carbons (Fsp3) is 0.200. The fourth-order valence-electron chi connectivity index (χ4n) is 4.14. The van der Waals surface area contributed by atoms with Crippen molar-refractivity contribution in [3.05, 3.63) is 96.1 Å². The molecule has 0 aromatic heterocycles. The van der Waals surface area contributed by atoms with E-state index < -0.39 is 6.04 Å². The van der Waals surface area contributed by atoms with Crippen molar-refractivity contribution in [1.82, 2.24) is 4.90 Å². The van der Waals surface area contributed by atoms with Crippen molar-refractivity contribution in [2.24, 2.45) is 0 Å². The molecule has 1 N–H and O–H groups in total. The van der Waals surface area contributed by atoms with Gasteiger partial charge in [0.1, 0.15) is 6.04 Å². The van der Waals surface area contributed by atoms with Crippen molar-refractivity contribution in [1.29, 1.82) is 5.26 Å². The number of benzene rings is 3. The van der Waals surface area contributed by atoms with Crippen LogP contribution >= 0.6 is 0 Å². The molecule has 0 aliphatic carbocycles. The Bertz CT molecular complexity index is 1010. The van der Waals surface area contributed by atoms with Crippen LogP contribution in [0.25, 0.3) is 11.1 Å². The van der Waals surface area contributed by atoms with Gasteiger partial charge in [0.05, 0.1) is 25.1 Å². The van der Waals surface area contributed by atoms with Gasteiger partial charge in [0, 0.05) is 5.92 Å². The van der Waals surface area contributed by atoms with Gasteiger partial charge in [-0.25, -0.2) is 0 Å². The number of rotatable bonds is 5. The van der Waals surface area contributed by atoms with Gasteiger partial charge in [0.2, 0.25) is 5.91 Å². The zero-order valence-corrected chi connectivity index (χ0v) is 16.0. The molecule has 1 fully saturated rings. The highest BCUT2D eigenvalue weighted by Gasteiger charge is 2.51. The van der Waals surface area contributed by atoms with Gasteiger partial charge in [-0.05, 0) is 22.3 Å². The number of aliphatic hydroxyl groups is 1. The van der Waals surface area contributed by atoms with Crippen LogP contribution in [-0.4, -0.2) is 34.6 Å². The summed E-state index contributed by atoms with van der Waals surface area (Å²) in [4.78, 5) is 14.4. The summed E-state index contributed by atoms with van der Waals surface area (Å²) in [6, 6.07) is 28.9. The lowest BCUT2D eigenvalue weighted by atomic mass is 9.75. The maximum Gasteiger partial charge on any atom is 0.228 e. The summed E-state index contributed by atoms with van der Waals surface area (Å²) in [5, 5.41) is 19.7. The predicted molar refractivity (Wildman–Crippen MR) is 112 cm³/mol. The Morgan fingerprint density at radius 1 is 0.897 bits per heavy atom. The Hall–Kier alpha value is -3.42. The highest BCUT2D eigenvalue weighted by molar-refractivity contribution is 5.81. The Morgan fingerprint density at radius 2 is 1.48 bits per heavy atom. The van der Waals surface area contributed by atoms with E-state index in [1.165, 1.54) is 0 Å². The van der Waals surface area contributed by atoms with E-state index >= 15 is 0 Å². The highest BCUT2D eigenvalue weighted by atomic mass is 16.3. The molecule has 1 aliphatic rings. The molecule has 1 saturated heterocycles. The Morgan fingerprint density at radius 3 is 2.07 bits per heavy atom. The van der Waals surface area contributed by atoms with Crippen LogP contribution in [0.15, 0.2) is 84.9 Å². The molecule has 0 saturated carbocycles. The van der Waals surface area contributed by atoms with E-state index in [1.54, 1.807) is 4.90 Å². The topological polar surface area (TPSA) is 64.3 Å². The molecule has 3 aromatic carbocycles. The maximum absolute atomic E-state index is 12.8. The Kier molecular flexibility index (Phi) is 5.41. The first-order valence-corrected chi connectivity index (χ1v) is 9.74. The largest absolute Gasteiger partial charge is 0.394 e. The third-order valence-electron chi connectivity index (χ3n) is 5.62. The van der Waals surface area contributed by atoms with Crippen molar-refractivity contribution >= 4 is 5.91 Å². The number of nitriles is 1. The second kappa shape index (κ2) is 8.30. The van der Waals surface area contributed by atoms with Gasteiger partial charge in [-0.15, -0.1) is 0 Å². The lowest BCUT2D eigenvalue weighted by Gasteiger charge is -2.51. The number of hydrogen-bond acceptors (Lipinski definition) is 3. The first-order chi connectivity index (χ1) is 14.2. The quantitative estimate of drug-likeness (QED) is 0.730. The van der Waals surface area contributed by atoms with Crippen LogP contribution in [0.1, 0.15) is 17.0 Å². The smallest absolute Gasteiger partial charge is 0.228 e. The zero-order chi connectivity index (χ0) is 20.2. The summed E-state index contributed by atoms with van der Waals surface area (Å²) in [5.41, 5.74) is 4.10. The molecule has 0 bridgehead atoms. The molecule has 4 rings (SSSR count). The lowest BCUT2D eigenvalue weighted by Crippen LogP contribution is -2.65. The molecule has 3 atom stereocenters. The minimum absolute atomic E-state index is 0.126. The molecule has 1 aliphatic heterocycles. The van der Waals surface area contributed by atoms with E-state index in [9.17, 15) is 15.2 Å². The molecule has 4 heteroatoms. The predicted octanol–water partition coefficient (Wildman–Crippen LogP) is 3.78. The van der Waals surface area contributed by atoms with Crippen LogP contribution in [0.5, 0.6) is 0 Å². The average molecular weight is 382 g/mol. The van der Waals surface area contributed by atoms with Gasteiger partial charge >= 0.3 is 0 Å². The van der Waals surface area contributed by atoms with Gasteiger partial charge in [0.15, 0.2) is 0 Å². The molecule has 1 heterocycles. The van der Waals surface area contributed by atoms with Crippen LogP contribution in [0.2, 0.25) is 0 Å². The summed E-state index contributed by atoms with van der Waals surface area (Å²) in [6.45, 7) is -0.163. The number of carbonyl (C=O) groups excluding carboxylic acids is 1. The molecule has 144 valence electrons. The second-order valence-corrected chi connectivity index (χ2v) is 7.30. The van der Waals surface area contributed by atoms with E-state index in [0.29, 0.717) is 0 Å². The number of amides is 1. The summed E-state index contributed by atoms with van der Waals surface area (Å²) in [5.74, 6) is -0.312. The van der Waals surface area contributed by atoms with Crippen LogP contribution < -0.4 is 0 Å². The molecule has 3 aromatic rings. The van der Waals surface area contributed by atoms with Gasteiger partial charge in [-0.1, -0.05) is 84.9 Å². The van der Waals surface area contributed by atoms with E-state index in [4.69, 9.17) is 0 Å². The first kappa shape index (κ1) is 18.9. The monoisotopic (exact) mass is 382 g/mol. The van der Waals surface area contributed by atoms with Crippen molar-refractivity contribution < 1.29 is 9.90 Å². The molecule has 0 radical (unpaired) electrons. The van der Waals surface area contributed by atoms with Crippen molar-refractivity contribution in [3.63, 3.8) is 0 Å². The standard InChI is InChI=1S/C25H22N2O2/c26-16-22-25(21-13-11-20(12-14-21)19-9-5-2-6-10-19)23(17-28)27(22)24(29)15-18-7-3-1-4-8-18/h1-14,22-23,25,28H,15,17H2/t22-,23+,25+/m0/s1. The molecule has 4 nitrogen and oxygen atoms in total. The van der Waals surface area contributed by atoms with Crippen molar-refractivity contribution in [3.8, 4) is 17.2 Å². The molecule has 1 amide bonds. The first-order valence-electron chi connectivity index (χ1n) is 9.74. The van der Waals surface area contributed by atoms with Gasteiger partial charge in [-0.3, -0.25) is 4.79 Å². The van der Waals surface area contributed by atoms with Crippen molar-refractivity contribution in [2.45, 2.75) is 24.4 Å². The Balaban J connectivity index is 1.54. The number of aliphatic hydroxyl groups excluding tert-OH is 1. The summed E-state index contributed by atoms with van der Waals surface area (Å²) in [7, 11) is 0. The summed E-state index contributed by atoms with van der Waals surface area (Å²) in [6.07, 6.45) is 0.231. The average Bonchev–Trinajstić information content (AvgIpc) is 2.75. The summed E-state index contributed by atoms with van der Waals surface area (Å²) >= 11 is 0. The van der Waals surface area contributed by atoms with E-state index in [0.717, 1.165) is 22.3 Å². The third kappa shape index (κ3) is 3.65. The van der Waals surface area contributed by atoms with E-state index in [1.807, 2.05) is 72.8 Å². The molecule has 0 unspecified atom stereocenters. The highest BCUT2D eigenvalue weighted by Crippen LogP contribution is 2.41. The number of carbonyl (C=O) groups is 1. The normalized spacial score (nSPS) is 20.6. The third-order valence-corrected chi connectivity index (χ3v) is 5.62.